The summed E-state index contributed by atoms with van der Waals surface area (Å²) < 4.78 is 7.46. The Morgan fingerprint density at radius 1 is 1.29 bits per heavy atom. The minimum absolute atomic E-state index is 0.0710. The second-order valence-corrected chi connectivity index (χ2v) is 7.35. The van der Waals surface area contributed by atoms with Gasteiger partial charge in [-0.1, -0.05) is 23.7 Å². The number of nitrogens with zero attached hydrogens (tertiary/aromatic N) is 4. The molecule has 4 heterocycles. The Morgan fingerprint density at radius 2 is 2.18 bits per heavy atom. The number of rotatable bonds is 4. The Balaban J connectivity index is 1.36. The molecule has 0 bridgehead atoms. The summed E-state index contributed by atoms with van der Waals surface area (Å²) in [5, 5.41) is 4.70. The zero-order chi connectivity index (χ0) is 19.1. The van der Waals surface area contributed by atoms with Crippen LogP contribution in [0.3, 0.4) is 0 Å². The molecule has 7 nitrogen and oxygen atoms in total. The summed E-state index contributed by atoms with van der Waals surface area (Å²) in [5.41, 5.74) is 1.89. The van der Waals surface area contributed by atoms with Gasteiger partial charge in [0.15, 0.2) is 5.76 Å². The molecule has 5 rings (SSSR count). The third-order valence-corrected chi connectivity index (χ3v) is 5.22. The largest absolute Gasteiger partial charge is 0.454 e. The van der Waals surface area contributed by atoms with Crippen LogP contribution < -0.4 is 0 Å². The molecule has 4 aromatic rings. The van der Waals surface area contributed by atoms with Crippen molar-refractivity contribution in [3.63, 3.8) is 0 Å². The van der Waals surface area contributed by atoms with Crippen molar-refractivity contribution in [2.24, 2.45) is 0 Å². The molecular formula is C20H18ClN5O2. The Hall–Kier alpha value is -3.06. The van der Waals surface area contributed by atoms with Crippen LogP contribution in [0, 0.1) is 0 Å². The molecule has 1 amide bonds. The number of carbonyl (C=O) groups is 1. The van der Waals surface area contributed by atoms with Gasteiger partial charge in [0.2, 0.25) is 0 Å². The Bertz CT molecular complexity index is 1110. The Labute approximate surface area is 165 Å². The Morgan fingerprint density at radius 3 is 3.00 bits per heavy atom. The highest BCUT2D eigenvalue weighted by atomic mass is 35.5. The van der Waals surface area contributed by atoms with Crippen molar-refractivity contribution in [1.82, 2.24) is 24.6 Å². The number of likely N-dealkylation sites (tertiary alicyclic amines) is 1. The van der Waals surface area contributed by atoms with Crippen LogP contribution in [-0.2, 0) is 6.54 Å². The van der Waals surface area contributed by atoms with Gasteiger partial charge in [0.05, 0.1) is 34.8 Å². The van der Waals surface area contributed by atoms with Gasteiger partial charge in [-0.3, -0.25) is 9.48 Å². The first-order chi connectivity index (χ1) is 13.7. The first kappa shape index (κ1) is 17.1. The second-order valence-electron chi connectivity index (χ2n) is 6.92. The summed E-state index contributed by atoms with van der Waals surface area (Å²) in [7, 11) is 0. The number of para-hydroxylation sites is 2. The number of fused-ring (bicyclic) bond motifs is 1. The summed E-state index contributed by atoms with van der Waals surface area (Å²) in [6.45, 7) is 1.11. The van der Waals surface area contributed by atoms with E-state index in [2.05, 4.69) is 15.1 Å². The molecule has 0 saturated carbocycles. The van der Waals surface area contributed by atoms with Crippen LogP contribution in [0.5, 0.6) is 0 Å². The van der Waals surface area contributed by atoms with Crippen molar-refractivity contribution in [2.75, 3.05) is 6.54 Å². The fraction of sp³-hybridized carbons (Fsp3) is 0.250. The van der Waals surface area contributed by atoms with Crippen LogP contribution in [0.15, 0.2) is 53.2 Å². The second kappa shape index (κ2) is 6.83. The molecule has 1 unspecified atom stereocenters. The number of imidazole rings is 1. The number of H-pyrrole nitrogens is 1. The van der Waals surface area contributed by atoms with Crippen LogP contribution >= 0.6 is 11.6 Å². The number of hydrogen-bond donors (Lipinski definition) is 1. The van der Waals surface area contributed by atoms with E-state index in [9.17, 15) is 4.79 Å². The van der Waals surface area contributed by atoms with Crippen molar-refractivity contribution in [3.05, 3.63) is 71.2 Å². The highest BCUT2D eigenvalue weighted by molar-refractivity contribution is 6.30. The van der Waals surface area contributed by atoms with Gasteiger partial charge < -0.3 is 14.3 Å². The molecule has 8 heteroatoms. The van der Waals surface area contributed by atoms with Crippen LogP contribution in [0.4, 0.5) is 0 Å². The number of furan rings is 1. The zero-order valence-corrected chi connectivity index (χ0v) is 15.8. The lowest BCUT2D eigenvalue weighted by atomic mass is 10.2. The predicted molar refractivity (Wildman–Crippen MR) is 104 cm³/mol. The summed E-state index contributed by atoms with van der Waals surface area (Å²) in [4.78, 5) is 22.9. The predicted octanol–water partition coefficient (Wildman–Crippen LogP) is 4.03. The van der Waals surface area contributed by atoms with Crippen molar-refractivity contribution in [3.8, 4) is 0 Å². The molecule has 1 aliphatic heterocycles. The number of hydrogen-bond acceptors (Lipinski definition) is 4. The minimum atomic E-state index is -0.118. The van der Waals surface area contributed by atoms with Gasteiger partial charge in [0.25, 0.3) is 5.91 Å². The average molecular weight is 396 g/mol. The molecule has 142 valence electrons. The topological polar surface area (TPSA) is 79.9 Å². The molecule has 1 atom stereocenters. The van der Waals surface area contributed by atoms with E-state index in [4.69, 9.17) is 16.0 Å². The van der Waals surface area contributed by atoms with Gasteiger partial charge in [-0.25, -0.2) is 4.98 Å². The highest BCUT2D eigenvalue weighted by Crippen LogP contribution is 2.33. The summed E-state index contributed by atoms with van der Waals surface area (Å²) in [5.74, 6) is 1.69. The van der Waals surface area contributed by atoms with Crippen molar-refractivity contribution in [1.29, 1.82) is 0 Å². The van der Waals surface area contributed by atoms with E-state index >= 15 is 0 Å². The smallest absolute Gasteiger partial charge is 0.290 e. The van der Waals surface area contributed by atoms with Gasteiger partial charge in [-0.15, -0.1) is 0 Å². The molecule has 1 fully saturated rings. The molecule has 1 aliphatic rings. The van der Waals surface area contributed by atoms with Crippen molar-refractivity contribution >= 4 is 28.5 Å². The van der Waals surface area contributed by atoms with Crippen molar-refractivity contribution in [2.45, 2.75) is 25.4 Å². The monoisotopic (exact) mass is 395 g/mol. The maximum Gasteiger partial charge on any atom is 0.290 e. The van der Waals surface area contributed by atoms with E-state index in [0.717, 1.165) is 29.7 Å². The summed E-state index contributed by atoms with van der Waals surface area (Å²) >= 11 is 5.89. The van der Waals surface area contributed by atoms with Crippen LogP contribution in [0.25, 0.3) is 11.0 Å². The number of benzene rings is 1. The van der Waals surface area contributed by atoms with E-state index in [0.29, 0.717) is 29.6 Å². The van der Waals surface area contributed by atoms with E-state index in [-0.39, 0.29) is 11.9 Å². The molecule has 28 heavy (non-hydrogen) atoms. The first-order valence-electron chi connectivity index (χ1n) is 9.20. The molecule has 0 aliphatic carbocycles. The quantitative estimate of drug-likeness (QED) is 0.565. The fourth-order valence-corrected chi connectivity index (χ4v) is 3.88. The lowest BCUT2D eigenvalue weighted by Crippen LogP contribution is -2.30. The molecule has 0 spiro atoms. The van der Waals surface area contributed by atoms with E-state index in [1.165, 1.54) is 0 Å². The minimum Gasteiger partial charge on any atom is -0.454 e. The van der Waals surface area contributed by atoms with E-state index < -0.39 is 0 Å². The molecule has 1 aromatic carbocycles. The highest BCUT2D eigenvalue weighted by Gasteiger charge is 2.34. The number of amides is 1. The summed E-state index contributed by atoms with van der Waals surface area (Å²) in [6, 6.07) is 11.3. The van der Waals surface area contributed by atoms with Gasteiger partial charge in [-0.05, 0) is 37.1 Å². The van der Waals surface area contributed by atoms with Gasteiger partial charge >= 0.3 is 0 Å². The number of nitrogens with one attached hydrogen (secondary N) is 1. The number of aromatic nitrogens is 4. The maximum absolute atomic E-state index is 13.1. The molecular weight excluding hydrogens is 378 g/mol. The average Bonchev–Trinajstić information content (AvgIpc) is 3.47. The standard InChI is InChI=1S/C20H18ClN5O2/c21-13-10-22-25(11-13)12-14-7-8-18(28-14)20(27)26-9-3-6-17(26)19-23-15-4-1-2-5-16(15)24-19/h1-2,4-5,7-8,10-11,17H,3,6,9,12H2,(H,23,24). The van der Waals surface area contributed by atoms with Crippen LogP contribution in [-0.4, -0.2) is 37.1 Å². The van der Waals surface area contributed by atoms with E-state index in [1.54, 1.807) is 29.2 Å². The maximum atomic E-state index is 13.1. The van der Waals surface area contributed by atoms with Gasteiger partial charge in [0.1, 0.15) is 11.6 Å². The van der Waals surface area contributed by atoms with Gasteiger partial charge in [0, 0.05) is 12.7 Å². The third kappa shape index (κ3) is 3.07. The van der Waals surface area contributed by atoms with Crippen LogP contribution in [0.1, 0.15) is 41.0 Å². The number of carbonyl (C=O) groups excluding carboxylic acids is 1. The molecule has 1 saturated heterocycles. The molecule has 3 aromatic heterocycles. The van der Waals surface area contributed by atoms with Crippen LogP contribution in [0.2, 0.25) is 5.02 Å². The van der Waals surface area contributed by atoms with Gasteiger partial charge in [-0.2, -0.15) is 5.10 Å². The molecule has 0 radical (unpaired) electrons. The van der Waals surface area contributed by atoms with E-state index in [1.807, 2.05) is 29.2 Å². The lowest BCUT2D eigenvalue weighted by Gasteiger charge is -2.22. The Kier molecular flexibility index (Phi) is 4.16. The lowest BCUT2D eigenvalue weighted by molar-refractivity contribution is 0.0696. The SMILES string of the molecule is O=C(c1ccc(Cn2cc(Cl)cn2)o1)N1CCCC1c1nc2ccccc2[nH]1. The van der Waals surface area contributed by atoms with Crippen molar-refractivity contribution < 1.29 is 9.21 Å². The zero-order valence-electron chi connectivity index (χ0n) is 15.0. The first-order valence-corrected chi connectivity index (χ1v) is 9.57. The summed E-state index contributed by atoms with van der Waals surface area (Å²) in [6.07, 6.45) is 5.10. The number of halogens is 1. The normalized spacial score (nSPS) is 16.9. The molecule has 1 N–H and O–H groups in total. The number of aromatic amines is 1. The fourth-order valence-electron chi connectivity index (χ4n) is 3.73. The third-order valence-electron chi connectivity index (χ3n) is 5.03.